The molecule has 6 heteroatoms. The van der Waals surface area contributed by atoms with Crippen LogP contribution in [-0.2, 0) is 16.6 Å². The number of likely N-dealkylation sites (N-methyl/N-ethyl adjacent to an activating group) is 1. The molecule has 0 aliphatic rings. The smallest absolute Gasteiger partial charge is 0.240 e. The third kappa shape index (κ3) is 6.13. The molecule has 5 nitrogen and oxygen atoms in total. The summed E-state index contributed by atoms with van der Waals surface area (Å²) in [6.07, 6.45) is 1.02. The quantitative estimate of drug-likeness (QED) is 0.641. The lowest BCUT2D eigenvalue weighted by atomic mass is 10.2. The molecule has 0 aliphatic carbocycles. The maximum atomic E-state index is 12.4. The van der Waals surface area contributed by atoms with E-state index in [0.717, 1.165) is 25.1 Å². The zero-order valence-corrected chi connectivity index (χ0v) is 14.0. The van der Waals surface area contributed by atoms with E-state index in [2.05, 4.69) is 21.9 Å². The zero-order chi connectivity index (χ0) is 15.7. The summed E-state index contributed by atoms with van der Waals surface area (Å²) in [4.78, 5) is 2.43. The molecular weight excluding hydrogens is 286 g/mol. The standard InChI is InChI=1S/C15H27N3O2S/c1-4-10-16-13-14-8-6-7-9-15(14)21(19,20)17-11-12-18(3)5-2/h6-9,16-17H,4-5,10-13H2,1-3H3. The van der Waals surface area contributed by atoms with E-state index in [0.29, 0.717) is 24.5 Å². The van der Waals surface area contributed by atoms with Crippen molar-refractivity contribution in [2.45, 2.75) is 31.7 Å². The van der Waals surface area contributed by atoms with Crippen molar-refractivity contribution < 1.29 is 8.42 Å². The van der Waals surface area contributed by atoms with Crippen molar-refractivity contribution >= 4 is 10.0 Å². The summed E-state index contributed by atoms with van der Waals surface area (Å²) >= 11 is 0. The lowest BCUT2D eigenvalue weighted by Crippen LogP contribution is -2.33. The van der Waals surface area contributed by atoms with Crippen LogP contribution in [0.3, 0.4) is 0 Å². The van der Waals surface area contributed by atoms with Gasteiger partial charge in [-0.05, 0) is 38.2 Å². The largest absolute Gasteiger partial charge is 0.313 e. The van der Waals surface area contributed by atoms with Crippen molar-refractivity contribution in [3.8, 4) is 0 Å². The van der Waals surface area contributed by atoms with E-state index in [1.54, 1.807) is 12.1 Å². The first-order valence-electron chi connectivity index (χ1n) is 7.48. The second-order valence-electron chi connectivity index (χ2n) is 5.08. The van der Waals surface area contributed by atoms with Crippen molar-refractivity contribution in [3.63, 3.8) is 0 Å². The SMILES string of the molecule is CCCNCc1ccccc1S(=O)(=O)NCCN(C)CC. The highest BCUT2D eigenvalue weighted by Gasteiger charge is 2.17. The Labute approximate surface area is 128 Å². The van der Waals surface area contributed by atoms with E-state index in [1.807, 2.05) is 26.1 Å². The van der Waals surface area contributed by atoms with Crippen LogP contribution in [0.1, 0.15) is 25.8 Å². The average molecular weight is 313 g/mol. The second-order valence-corrected chi connectivity index (χ2v) is 6.81. The molecule has 0 radical (unpaired) electrons. The van der Waals surface area contributed by atoms with Crippen LogP contribution >= 0.6 is 0 Å². The van der Waals surface area contributed by atoms with E-state index >= 15 is 0 Å². The summed E-state index contributed by atoms with van der Waals surface area (Å²) < 4.78 is 27.5. The minimum Gasteiger partial charge on any atom is -0.313 e. The van der Waals surface area contributed by atoms with Crippen molar-refractivity contribution in [2.24, 2.45) is 0 Å². The van der Waals surface area contributed by atoms with Crippen LogP contribution < -0.4 is 10.0 Å². The first-order chi connectivity index (χ1) is 10.0. The van der Waals surface area contributed by atoms with Crippen molar-refractivity contribution in [1.82, 2.24) is 14.9 Å². The molecule has 1 aromatic carbocycles. The Balaban J connectivity index is 2.73. The molecule has 1 aromatic rings. The molecule has 0 atom stereocenters. The summed E-state index contributed by atoms with van der Waals surface area (Å²) in [6.45, 7) is 7.60. The van der Waals surface area contributed by atoms with Gasteiger partial charge in [-0.3, -0.25) is 0 Å². The summed E-state index contributed by atoms with van der Waals surface area (Å²) in [7, 11) is -1.48. The number of hydrogen-bond donors (Lipinski definition) is 2. The van der Waals surface area contributed by atoms with Gasteiger partial charge < -0.3 is 10.2 Å². The maximum Gasteiger partial charge on any atom is 0.240 e. The highest BCUT2D eigenvalue weighted by atomic mass is 32.2. The molecule has 0 aromatic heterocycles. The van der Waals surface area contributed by atoms with Crippen LogP contribution in [-0.4, -0.2) is 46.5 Å². The fraction of sp³-hybridized carbons (Fsp3) is 0.600. The van der Waals surface area contributed by atoms with E-state index in [1.165, 1.54) is 0 Å². The Morgan fingerprint density at radius 3 is 2.52 bits per heavy atom. The third-order valence-electron chi connectivity index (χ3n) is 3.33. The number of nitrogens with one attached hydrogen (secondary N) is 2. The normalized spacial score (nSPS) is 12.0. The van der Waals surface area contributed by atoms with Gasteiger partial charge in [0.2, 0.25) is 10.0 Å². The number of nitrogens with zero attached hydrogens (tertiary/aromatic N) is 1. The average Bonchev–Trinajstić information content (AvgIpc) is 2.47. The van der Waals surface area contributed by atoms with Gasteiger partial charge in [0.1, 0.15) is 0 Å². The Bertz CT molecular complexity index is 517. The number of hydrogen-bond acceptors (Lipinski definition) is 4. The van der Waals surface area contributed by atoms with E-state index in [-0.39, 0.29) is 0 Å². The molecule has 0 amide bonds. The highest BCUT2D eigenvalue weighted by Crippen LogP contribution is 2.15. The summed E-state index contributed by atoms with van der Waals surface area (Å²) in [5, 5.41) is 3.25. The summed E-state index contributed by atoms with van der Waals surface area (Å²) in [5.41, 5.74) is 0.808. The van der Waals surface area contributed by atoms with Gasteiger partial charge in [-0.1, -0.05) is 32.0 Å². The molecule has 0 bridgehead atoms. The van der Waals surface area contributed by atoms with E-state index < -0.39 is 10.0 Å². The van der Waals surface area contributed by atoms with Gasteiger partial charge >= 0.3 is 0 Å². The van der Waals surface area contributed by atoms with Crippen LogP contribution in [0.15, 0.2) is 29.2 Å². The monoisotopic (exact) mass is 313 g/mol. The fourth-order valence-electron chi connectivity index (χ4n) is 1.92. The molecule has 0 saturated carbocycles. The van der Waals surface area contributed by atoms with Crippen LogP contribution in [0.4, 0.5) is 0 Å². The van der Waals surface area contributed by atoms with Gasteiger partial charge in [-0.15, -0.1) is 0 Å². The molecule has 1 rings (SSSR count). The van der Waals surface area contributed by atoms with Crippen molar-refractivity contribution in [1.29, 1.82) is 0 Å². The molecule has 2 N–H and O–H groups in total. The first kappa shape index (κ1) is 18.1. The lowest BCUT2D eigenvalue weighted by Gasteiger charge is -2.15. The Morgan fingerprint density at radius 2 is 1.86 bits per heavy atom. The van der Waals surface area contributed by atoms with Crippen LogP contribution in [0, 0.1) is 0 Å². The minimum absolute atomic E-state index is 0.368. The van der Waals surface area contributed by atoms with Gasteiger partial charge in [-0.25, -0.2) is 13.1 Å². The van der Waals surface area contributed by atoms with Gasteiger partial charge in [-0.2, -0.15) is 0 Å². The van der Waals surface area contributed by atoms with E-state index in [9.17, 15) is 8.42 Å². The number of benzene rings is 1. The van der Waals surface area contributed by atoms with Crippen LogP contribution in [0.25, 0.3) is 0 Å². The van der Waals surface area contributed by atoms with Gasteiger partial charge in [0, 0.05) is 19.6 Å². The zero-order valence-electron chi connectivity index (χ0n) is 13.2. The first-order valence-corrected chi connectivity index (χ1v) is 8.96. The third-order valence-corrected chi connectivity index (χ3v) is 4.89. The molecular formula is C15H27N3O2S. The van der Waals surface area contributed by atoms with Gasteiger partial charge in [0.15, 0.2) is 0 Å². The Hall–Kier alpha value is -0.950. The Kier molecular flexibility index (Phi) is 7.88. The molecule has 21 heavy (non-hydrogen) atoms. The molecule has 0 saturated heterocycles. The van der Waals surface area contributed by atoms with E-state index in [4.69, 9.17) is 0 Å². The second kappa shape index (κ2) is 9.15. The van der Waals surface area contributed by atoms with Crippen molar-refractivity contribution in [3.05, 3.63) is 29.8 Å². The molecule has 0 unspecified atom stereocenters. The molecule has 0 aliphatic heterocycles. The predicted molar refractivity (Wildman–Crippen MR) is 86.8 cm³/mol. The maximum absolute atomic E-state index is 12.4. The van der Waals surface area contributed by atoms with Crippen molar-refractivity contribution in [2.75, 3.05) is 33.2 Å². The van der Waals surface area contributed by atoms with Gasteiger partial charge in [0.05, 0.1) is 4.90 Å². The summed E-state index contributed by atoms with van der Waals surface area (Å²) in [6, 6.07) is 7.15. The molecule has 0 fully saturated rings. The minimum atomic E-state index is -3.45. The van der Waals surface area contributed by atoms with Crippen LogP contribution in [0.5, 0.6) is 0 Å². The molecule has 120 valence electrons. The predicted octanol–water partition coefficient (Wildman–Crippen LogP) is 1.42. The topological polar surface area (TPSA) is 61.4 Å². The highest BCUT2D eigenvalue weighted by molar-refractivity contribution is 7.89. The number of rotatable bonds is 10. The lowest BCUT2D eigenvalue weighted by molar-refractivity contribution is 0.358. The summed E-state index contributed by atoms with van der Waals surface area (Å²) in [5.74, 6) is 0. The fourth-order valence-corrected chi connectivity index (χ4v) is 3.18. The number of sulfonamides is 1. The van der Waals surface area contributed by atoms with Gasteiger partial charge in [0.25, 0.3) is 0 Å². The van der Waals surface area contributed by atoms with Crippen LogP contribution in [0.2, 0.25) is 0 Å². The Morgan fingerprint density at radius 1 is 1.14 bits per heavy atom. The molecule has 0 heterocycles. The molecule has 0 spiro atoms.